The van der Waals surface area contributed by atoms with Crippen LogP contribution in [-0.4, -0.2) is 0 Å². The second-order valence-corrected chi connectivity index (χ2v) is 5.95. The van der Waals surface area contributed by atoms with Gasteiger partial charge in [-0.05, 0) is 0 Å². The molecule has 0 saturated heterocycles. The standard InChI is InChI=1S/C17H13.2ClH.Zr/c1-3-7-14(8-4-1)16-11-12-17(13-16)15-9-5-2-6-10-15;;;/h1-10,13H,11H2;2*1H;/q;;;+2/p-2. The van der Waals surface area contributed by atoms with Crippen LogP contribution in [0.3, 0.4) is 0 Å². The average Bonchev–Trinajstić information content (AvgIpc) is 2.83. The predicted molar refractivity (Wildman–Crippen MR) is 72.4 cm³/mol. The zero-order valence-corrected chi connectivity index (χ0v) is 14.8. The van der Waals surface area contributed by atoms with E-state index in [1.807, 2.05) is 0 Å². The molecule has 3 heteroatoms. The van der Waals surface area contributed by atoms with Crippen molar-refractivity contribution in [2.24, 2.45) is 0 Å². The summed E-state index contributed by atoms with van der Waals surface area (Å²) in [7, 11) is 0. The number of rotatable bonds is 2. The van der Waals surface area contributed by atoms with Gasteiger partial charge in [-0.25, -0.2) is 0 Å². The van der Waals surface area contributed by atoms with Crippen LogP contribution in [0.25, 0.3) is 11.1 Å². The molecule has 99 valence electrons. The summed E-state index contributed by atoms with van der Waals surface area (Å²) in [5, 5.41) is 0. The number of benzene rings is 2. The SMILES string of the molecule is [Cl-].[Cl-].[Zr+2][C]1=C(c2ccccc2)C=C(c2ccccc2)C1. The van der Waals surface area contributed by atoms with Gasteiger partial charge < -0.3 is 24.8 Å². The maximum atomic E-state index is 2.36. The Hall–Kier alpha value is -0.617. The van der Waals surface area contributed by atoms with Crippen molar-refractivity contribution >= 4 is 11.1 Å². The van der Waals surface area contributed by atoms with E-state index in [0.717, 1.165) is 6.42 Å². The third-order valence-corrected chi connectivity index (χ3v) is 4.34. The van der Waals surface area contributed by atoms with E-state index in [1.54, 1.807) is 3.28 Å². The summed E-state index contributed by atoms with van der Waals surface area (Å²) >= 11 is 1.52. The molecule has 0 bridgehead atoms. The first-order chi connectivity index (χ1) is 8.84. The zero-order chi connectivity index (χ0) is 12.4. The molecule has 2 aromatic carbocycles. The van der Waals surface area contributed by atoms with Crippen molar-refractivity contribution in [3.8, 4) is 0 Å². The topological polar surface area (TPSA) is 0 Å². The molecule has 0 aromatic heterocycles. The minimum absolute atomic E-state index is 0. The maximum absolute atomic E-state index is 2.36. The van der Waals surface area contributed by atoms with Gasteiger partial charge in [0.2, 0.25) is 0 Å². The van der Waals surface area contributed by atoms with E-state index < -0.39 is 0 Å². The fraction of sp³-hybridized carbons (Fsp3) is 0.0588. The molecule has 1 aliphatic carbocycles. The molecule has 0 heterocycles. The molecule has 0 radical (unpaired) electrons. The van der Waals surface area contributed by atoms with Crippen LogP contribution in [0, 0.1) is 0 Å². The number of hydrogen-bond donors (Lipinski definition) is 0. The molecule has 0 unspecified atom stereocenters. The molecule has 0 atom stereocenters. The molecule has 0 spiro atoms. The first-order valence-electron chi connectivity index (χ1n) is 6.11. The molecule has 20 heavy (non-hydrogen) atoms. The molecule has 3 rings (SSSR count). The molecule has 0 saturated carbocycles. The first-order valence-corrected chi connectivity index (χ1v) is 7.33. The molecule has 0 aliphatic heterocycles. The van der Waals surface area contributed by atoms with E-state index in [-0.39, 0.29) is 24.8 Å². The third-order valence-electron chi connectivity index (χ3n) is 3.24. The van der Waals surface area contributed by atoms with Crippen molar-refractivity contribution < 1.29 is 49.5 Å². The van der Waals surface area contributed by atoms with Crippen molar-refractivity contribution in [3.05, 3.63) is 81.1 Å². The average molecular weight is 379 g/mol. The summed E-state index contributed by atoms with van der Waals surface area (Å²) < 4.78 is 1.55. The van der Waals surface area contributed by atoms with E-state index >= 15 is 0 Å². The second-order valence-electron chi connectivity index (χ2n) is 4.47. The van der Waals surface area contributed by atoms with Gasteiger partial charge in [0.1, 0.15) is 0 Å². The first kappa shape index (κ1) is 17.4. The number of halogens is 2. The van der Waals surface area contributed by atoms with Gasteiger partial charge in [-0.3, -0.25) is 0 Å². The van der Waals surface area contributed by atoms with Crippen molar-refractivity contribution in [2.45, 2.75) is 6.42 Å². The van der Waals surface area contributed by atoms with E-state index in [2.05, 4.69) is 66.7 Å². The van der Waals surface area contributed by atoms with Gasteiger partial charge in [0.05, 0.1) is 0 Å². The van der Waals surface area contributed by atoms with Gasteiger partial charge in [-0.2, -0.15) is 0 Å². The Balaban J connectivity index is 0.000001000. The van der Waals surface area contributed by atoms with Gasteiger partial charge in [0, 0.05) is 0 Å². The zero-order valence-electron chi connectivity index (χ0n) is 10.8. The minimum atomic E-state index is 0. The third kappa shape index (κ3) is 3.73. The van der Waals surface area contributed by atoms with Crippen LogP contribution in [0.4, 0.5) is 0 Å². The number of allylic oxidation sites excluding steroid dienone is 4. The van der Waals surface area contributed by atoms with Crippen LogP contribution < -0.4 is 24.8 Å². The Kier molecular flexibility index (Phi) is 6.96. The molecule has 0 fully saturated rings. The molecule has 1 aliphatic rings. The van der Waals surface area contributed by atoms with Gasteiger partial charge in [0.15, 0.2) is 0 Å². The van der Waals surface area contributed by atoms with Crippen LogP contribution in [-0.2, 0) is 24.7 Å². The van der Waals surface area contributed by atoms with Gasteiger partial charge in [0.25, 0.3) is 0 Å². The molecule has 0 amide bonds. The van der Waals surface area contributed by atoms with Gasteiger partial charge >= 0.3 is 123 Å². The van der Waals surface area contributed by atoms with Crippen LogP contribution in [0.5, 0.6) is 0 Å². The summed E-state index contributed by atoms with van der Waals surface area (Å²) in [5.74, 6) is 0. The fourth-order valence-electron chi connectivity index (χ4n) is 2.31. The Morgan fingerprint density at radius 1 is 0.700 bits per heavy atom. The van der Waals surface area contributed by atoms with E-state index in [9.17, 15) is 0 Å². The van der Waals surface area contributed by atoms with Crippen LogP contribution in [0.1, 0.15) is 17.5 Å². The molecule has 0 nitrogen and oxygen atoms in total. The van der Waals surface area contributed by atoms with Crippen molar-refractivity contribution in [3.63, 3.8) is 0 Å². The summed E-state index contributed by atoms with van der Waals surface area (Å²) in [5.41, 5.74) is 5.56. The summed E-state index contributed by atoms with van der Waals surface area (Å²) in [6.45, 7) is 0. The van der Waals surface area contributed by atoms with Gasteiger partial charge in [-0.15, -0.1) is 0 Å². The van der Waals surface area contributed by atoms with E-state index in [4.69, 9.17) is 0 Å². The van der Waals surface area contributed by atoms with Crippen molar-refractivity contribution in [1.29, 1.82) is 0 Å². The molecule has 2 aromatic rings. The molecule has 0 N–H and O–H groups in total. The van der Waals surface area contributed by atoms with Crippen LogP contribution in [0.2, 0.25) is 0 Å². The van der Waals surface area contributed by atoms with E-state index in [0.29, 0.717) is 0 Å². The quantitative estimate of drug-likeness (QED) is 0.592. The van der Waals surface area contributed by atoms with Gasteiger partial charge in [-0.1, -0.05) is 0 Å². The monoisotopic (exact) mass is 377 g/mol. The molecular formula is C17H13Cl2Zr. The molecular weight excluding hydrogens is 366 g/mol. The Morgan fingerprint density at radius 2 is 1.20 bits per heavy atom. The second kappa shape index (κ2) is 7.98. The van der Waals surface area contributed by atoms with Crippen LogP contribution in [0.15, 0.2) is 70.0 Å². The summed E-state index contributed by atoms with van der Waals surface area (Å²) in [6.07, 6.45) is 3.46. The predicted octanol–water partition coefficient (Wildman–Crippen LogP) is -1.56. The van der Waals surface area contributed by atoms with E-state index in [1.165, 1.54) is 47.0 Å². The fourth-order valence-corrected chi connectivity index (χ4v) is 3.31. The Labute approximate surface area is 147 Å². The Bertz CT molecular complexity index is 616. The normalized spacial score (nSPS) is 13.4. The van der Waals surface area contributed by atoms with Crippen molar-refractivity contribution in [2.75, 3.05) is 0 Å². The van der Waals surface area contributed by atoms with Crippen LogP contribution >= 0.6 is 0 Å². The van der Waals surface area contributed by atoms with Crippen molar-refractivity contribution in [1.82, 2.24) is 0 Å². The summed E-state index contributed by atoms with van der Waals surface area (Å²) in [6, 6.07) is 21.4. The summed E-state index contributed by atoms with van der Waals surface area (Å²) in [4.78, 5) is 0. The number of hydrogen-bond acceptors (Lipinski definition) is 0. The Morgan fingerprint density at radius 3 is 1.75 bits per heavy atom.